The van der Waals surface area contributed by atoms with Crippen LogP contribution in [0.4, 0.5) is 0 Å². The molecule has 0 radical (unpaired) electrons. The summed E-state index contributed by atoms with van der Waals surface area (Å²) in [6.07, 6.45) is 4.42. The smallest absolute Gasteiger partial charge is 0.331 e. The van der Waals surface area contributed by atoms with E-state index in [2.05, 4.69) is 4.90 Å². The van der Waals surface area contributed by atoms with E-state index in [4.69, 9.17) is 30.8 Å². The topological polar surface area (TPSA) is 60.4 Å². The molecule has 6 nitrogen and oxygen atoms in total. The first kappa shape index (κ1) is 29.7. The Hall–Kier alpha value is -2.83. The fourth-order valence-electron chi connectivity index (χ4n) is 4.38. The van der Waals surface area contributed by atoms with Crippen LogP contribution in [0, 0.1) is 0 Å². The van der Waals surface area contributed by atoms with E-state index in [-0.39, 0.29) is 5.97 Å². The number of aliphatic imine (C=N–C) groups is 1. The van der Waals surface area contributed by atoms with Crippen LogP contribution < -0.4 is 4.74 Å². The molecule has 38 heavy (non-hydrogen) atoms. The van der Waals surface area contributed by atoms with Crippen molar-refractivity contribution >= 4 is 23.3 Å². The lowest BCUT2D eigenvalue weighted by molar-refractivity contribution is -0.144. The highest BCUT2D eigenvalue weighted by molar-refractivity contribution is 6.32. The minimum atomic E-state index is -0.649. The highest BCUT2D eigenvalue weighted by atomic mass is 35.5. The number of nitrogens with zero attached hydrogens (tertiary/aromatic N) is 2. The molecule has 1 heterocycles. The molecule has 4 rings (SSSR count). The van der Waals surface area contributed by atoms with Crippen LogP contribution >= 0.6 is 11.6 Å². The van der Waals surface area contributed by atoms with Gasteiger partial charge in [-0.05, 0) is 61.4 Å². The molecule has 7 heteroatoms. The molecule has 0 spiro atoms. The SMILES string of the molecule is CC.CCOC(=O)C(Cc1ccc(OC(=C2CCC2)N2CCOCC2)c(Cl)c1)N=C(CC)c1ccccc1. The van der Waals surface area contributed by atoms with Gasteiger partial charge in [0.2, 0.25) is 0 Å². The third kappa shape index (κ3) is 8.08. The Balaban J connectivity index is 0.00000195. The van der Waals surface area contributed by atoms with Crippen molar-refractivity contribution in [2.45, 2.75) is 65.8 Å². The highest BCUT2D eigenvalue weighted by Gasteiger charge is 2.25. The van der Waals surface area contributed by atoms with Crippen molar-refractivity contribution in [2.24, 2.45) is 4.99 Å². The van der Waals surface area contributed by atoms with Crippen molar-refractivity contribution < 1.29 is 19.0 Å². The molecule has 0 aromatic heterocycles. The Morgan fingerprint density at radius 3 is 2.37 bits per heavy atom. The van der Waals surface area contributed by atoms with Crippen LogP contribution in [0.15, 0.2) is 65.0 Å². The molecular formula is C31H41ClN2O4. The average Bonchev–Trinajstić information content (AvgIpc) is 2.93. The van der Waals surface area contributed by atoms with E-state index in [1.807, 2.05) is 76.2 Å². The van der Waals surface area contributed by atoms with Crippen molar-refractivity contribution in [1.82, 2.24) is 4.90 Å². The molecule has 206 valence electrons. The van der Waals surface area contributed by atoms with E-state index in [1.54, 1.807) is 0 Å². The molecule has 2 fully saturated rings. The number of rotatable bonds is 10. The van der Waals surface area contributed by atoms with Crippen LogP contribution in [-0.4, -0.2) is 55.5 Å². The summed E-state index contributed by atoms with van der Waals surface area (Å²) in [5.74, 6) is 1.21. The zero-order chi connectivity index (χ0) is 27.3. The van der Waals surface area contributed by atoms with Crippen molar-refractivity contribution in [3.05, 3.63) is 76.1 Å². The van der Waals surface area contributed by atoms with Crippen LogP contribution in [-0.2, 0) is 20.7 Å². The summed E-state index contributed by atoms with van der Waals surface area (Å²) in [6.45, 7) is 11.2. The van der Waals surface area contributed by atoms with Gasteiger partial charge >= 0.3 is 5.97 Å². The average molecular weight is 541 g/mol. The summed E-state index contributed by atoms with van der Waals surface area (Å²) in [7, 11) is 0. The van der Waals surface area contributed by atoms with Gasteiger partial charge in [0.1, 0.15) is 5.75 Å². The Morgan fingerprint density at radius 2 is 1.79 bits per heavy atom. The van der Waals surface area contributed by atoms with Crippen molar-refractivity contribution in [3.8, 4) is 5.75 Å². The zero-order valence-corrected chi connectivity index (χ0v) is 23.9. The van der Waals surface area contributed by atoms with Crippen LogP contribution in [0.1, 0.15) is 64.5 Å². The Kier molecular flexibility index (Phi) is 12.2. The molecule has 2 aromatic rings. The molecular weight excluding hydrogens is 500 g/mol. The zero-order valence-electron chi connectivity index (χ0n) is 23.2. The maximum Gasteiger partial charge on any atom is 0.331 e. The summed E-state index contributed by atoms with van der Waals surface area (Å²) < 4.78 is 17.2. The second kappa shape index (κ2) is 15.6. The predicted octanol–water partition coefficient (Wildman–Crippen LogP) is 6.85. The molecule has 1 atom stereocenters. The van der Waals surface area contributed by atoms with Crippen molar-refractivity contribution in [2.75, 3.05) is 32.9 Å². The van der Waals surface area contributed by atoms with Gasteiger partial charge < -0.3 is 19.1 Å². The molecule has 1 saturated heterocycles. The minimum Gasteiger partial charge on any atom is -0.464 e. The number of esters is 1. The molecule has 1 saturated carbocycles. The molecule has 1 aliphatic heterocycles. The Morgan fingerprint density at radius 1 is 1.08 bits per heavy atom. The van der Waals surface area contributed by atoms with Gasteiger partial charge in [-0.3, -0.25) is 4.99 Å². The van der Waals surface area contributed by atoms with Crippen molar-refractivity contribution in [3.63, 3.8) is 0 Å². The van der Waals surface area contributed by atoms with E-state index in [0.717, 1.165) is 48.7 Å². The monoisotopic (exact) mass is 540 g/mol. The van der Waals surface area contributed by atoms with E-state index in [9.17, 15) is 4.79 Å². The number of allylic oxidation sites excluding steroid dienone is 1. The molecule has 1 unspecified atom stereocenters. The first-order chi connectivity index (χ1) is 18.6. The van der Waals surface area contributed by atoms with Crippen LogP contribution in [0.3, 0.4) is 0 Å². The third-order valence-corrected chi connectivity index (χ3v) is 6.80. The van der Waals surface area contributed by atoms with Crippen LogP contribution in [0.25, 0.3) is 0 Å². The summed E-state index contributed by atoms with van der Waals surface area (Å²) in [5.41, 5.74) is 4.13. The molecule has 0 bridgehead atoms. The third-order valence-electron chi connectivity index (χ3n) is 6.50. The summed E-state index contributed by atoms with van der Waals surface area (Å²) in [4.78, 5) is 19.9. The van der Waals surface area contributed by atoms with E-state index >= 15 is 0 Å². The van der Waals surface area contributed by atoms with Gasteiger partial charge in [-0.25, -0.2) is 4.79 Å². The lowest BCUT2D eigenvalue weighted by Gasteiger charge is -2.34. The minimum absolute atomic E-state index is 0.310. The fraction of sp³-hybridized carbons (Fsp3) is 0.484. The molecule has 1 aliphatic carbocycles. The normalized spacial score (nSPS) is 16.1. The van der Waals surface area contributed by atoms with Gasteiger partial charge in [0.15, 0.2) is 11.9 Å². The second-order valence-corrected chi connectivity index (χ2v) is 9.40. The number of hydrogen-bond donors (Lipinski definition) is 0. The number of hydrogen-bond acceptors (Lipinski definition) is 6. The first-order valence-electron chi connectivity index (χ1n) is 13.9. The van der Waals surface area contributed by atoms with E-state index < -0.39 is 6.04 Å². The predicted molar refractivity (Wildman–Crippen MR) is 154 cm³/mol. The molecule has 2 aliphatic rings. The van der Waals surface area contributed by atoms with Crippen LogP contribution in [0.5, 0.6) is 5.75 Å². The lowest BCUT2D eigenvalue weighted by atomic mass is 9.92. The maximum absolute atomic E-state index is 12.8. The van der Waals surface area contributed by atoms with Gasteiger partial charge in [-0.15, -0.1) is 0 Å². The summed E-state index contributed by atoms with van der Waals surface area (Å²) in [5, 5.41) is 0.517. The van der Waals surface area contributed by atoms with Gasteiger partial charge in [-0.1, -0.05) is 68.8 Å². The van der Waals surface area contributed by atoms with E-state index in [0.29, 0.717) is 43.4 Å². The van der Waals surface area contributed by atoms with E-state index in [1.165, 1.54) is 12.0 Å². The number of halogens is 1. The van der Waals surface area contributed by atoms with Gasteiger partial charge in [-0.2, -0.15) is 0 Å². The number of ether oxygens (including phenoxy) is 3. The lowest BCUT2D eigenvalue weighted by Crippen LogP contribution is -2.38. The maximum atomic E-state index is 12.8. The second-order valence-electron chi connectivity index (χ2n) is 9.00. The number of carbonyl (C=O) groups excluding carboxylic acids is 1. The van der Waals surface area contributed by atoms with Gasteiger partial charge in [0, 0.05) is 25.2 Å². The quantitative estimate of drug-likeness (QED) is 0.187. The largest absolute Gasteiger partial charge is 0.464 e. The fourth-order valence-corrected chi connectivity index (χ4v) is 4.63. The molecule has 2 aromatic carbocycles. The van der Waals surface area contributed by atoms with Crippen molar-refractivity contribution in [1.29, 1.82) is 0 Å². The molecule has 0 amide bonds. The standard InChI is InChI=1S/C29H35ClN2O4.C2H6/c1-3-25(22-9-6-5-7-10-22)31-26(29(33)35-4-2)20-21-13-14-27(24(30)19-21)36-28(23-11-8-12-23)32-15-17-34-18-16-32;1-2/h5-7,9-10,13-14,19,26H,3-4,8,11-12,15-18,20H2,1-2H3;1-2H3. The summed E-state index contributed by atoms with van der Waals surface area (Å²) in [6, 6.07) is 15.0. The highest BCUT2D eigenvalue weighted by Crippen LogP contribution is 2.35. The number of carbonyl (C=O) groups is 1. The Bertz CT molecular complexity index is 1090. The van der Waals surface area contributed by atoms with Crippen LogP contribution in [0.2, 0.25) is 5.02 Å². The Labute approximate surface area is 232 Å². The van der Waals surface area contributed by atoms with Gasteiger partial charge in [0.25, 0.3) is 0 Å². The summed E-state index contributed by atoms with van der Waals surface area (Å²) >= 11 is 6.69. The number of morpholine rings is 1. The first-order valence-corrected chi connectivity index (χ1v) is 14.3. The van der Waals surface area contributed by atoms with Gasteiger partial charge in [0.05, 0.1) is 24.8 Å². The molecule has 0 N–H and O–H groups in total. The number of benzene rings is 2.